The van der Waals surface area contributed by atoms with Crippen LogP contribution in [0.3, 0.4) is 0 Å². The Hall–Kier alpha value is -3.52. The van der Waals surface area contributed by atoms with Gasteiger partial charge in [-0.05, 0) is 49.4 Å². The van der Waals surface area contributed by atoms with Crippen molar-refractivity contribution in [3.63, 3.8) is 0 Å². The maximum atomic E-state index is 13.2. The lowest BCUT2D eigenvalue weighted by molar-refractivity contribution is -0.139. The van der Waals surface area contributed by atoms with E-state index >= 15 is 0 Å². The van der Waals surface area contributed by atoms with Gasteiger partial charge in [-0.2, -0.15) is 23.7 Å². The summed E-state index contributed by atoms with van der Waals surface area (Å²) in [5, 5.41) is 20.2. The molecule has 178 valence electrons. The zero-order chi connectivity index (χ0) is 25.4. The average molecular weight is 499 g/mol. The van der Waals surface area contributed by atoms with Crippen molar-refractivity contribution in [3.8, 4) is 17.9 Å². The molecule has 0 fully saturated rings. The topological polar surface area (TPSA) is 85.9 Å². The van der Waals surface area contributed by atoms with Gasteiger partial charge >= 0.3 is 16.4 Å². The molecule has 0 saturated heterocycles. The van der Waals surface area contributed by atoms with Gasteiger partial charge in [0.25, 0.3) is 5.91 Å². The van der Waals surface area contributed by atoms with E-state index in [1.54, 1.807) is 6.07 Å². The highest BCUT2D eigenvalue weighted by Crippen LogP contribution is 3.02. The lowest BCUT2D eigenvalue weighted by atomic mass is 10.0. The Bertz CT molecular complexity index is 1170. The number of halogens is 8. The Labute approximate surface area is 181 Å². The second kappa shape index (κ2) is 7.52. The summed E-state index contributed by atoms with van der Waals surface area (Å²) in [6.07, 6.45) is -4.90. The molecule has 0 aliphatic carbocycles. The van der Waals surface area contributed by atoms with Gasteiger partial charge in [-0.3, -0.25) is 4.79 Å². The summed E-state index contributed by atoms with van der Waals surface area (Å²) >= 11 is 0. The molecule has 1 amide bonds. The summed E-state index contributed by atoms with van der Waals surface area (Å²) in [4.78, 5) is 10.0. The first-order valence-corrected chi connectivity index (χ1v) is 10.6. The molecule has 0 aliphatic rings. The quantitative estimate of drug-likeness (QED) is 0.471. The van der Waals surface area contributed by atoms with Crippen molar-refractivity contribution in [2.75, 3.05) is 6.61 Å². The number of nitriles is 2. The molecule has 1 N–H and O–H groups in total. The van der Waals surface area contributed by atoms with Crippen molar-refractivity contribution in [1.29, 1.82) is 10.5 Å². The van der Waals surface area contributed by atoms with E-state index in [9.17, 15) is 42.7 Å². The summed E-state index contributed by atoms with van der Waals surface area (Å²) in [6, 6.07) is 6.46. The fourth-order valence-corrected chi connectivity index (χ4v) is 3.10. The number of carbonyl (C=O) groups excluding carboxylic acids is 1. The highest BCUT2D eigenvalue weighted by molar-refractivity contribution is 8.45. The minimum atomic E-state index is -9.95. The predicted molar refractivity (Wildman–Crippen MR) is 101 cm³/mol. The number of hydrogen-bond donors (Lipinski definition) is 1. The molecule has 14 heteroatoms. The first-order valence-electron chi connectivity index (χ1n) is 8.60. The van der Waals surface area contributed by atoms with E-state index in [2.05, 4.69) is 5.32 Å². The van der Waals surface area contributed by atoms with Crippen LogP contribution in [-0.2, 0) is 6.18 Å². The van der Waals surface area contributed by atoms with Crippen LogP contribution in [0, 0.1) is 22.7 Å². The zero-order valence-electron chi connectivity index (χ0n) is 16.4. The van der Waals surface area contributed by atoms with Gasteiger partial charge in [0.1, 0.15) is 17.3 Å². The standard InChI is InChI=1S/C19H13F8N3O2S/c1-18(10-29,11-32-16-7-2-12(9-28)8-15(16)19(20,21)22)30-17(31)13-3-5-14(6-4-13)33(23,24,25,26)27/h2-8H,11H2,1H3,(H,30,31)/t18-/m1/s1. The van der Waals surface area contributed by atoms with E-state index in [4.69, 9.17) is 10.00 Å². The average Bonchev–Trinajstić information content (AvgIpc) is 2.70. The van der Waals surface area contributed by atoms with Gasteiger partial charge in [-0.15, -0.1) is 0 Å². The van der Waals surface area contributed by atoms with Crippen molar-refractivity contribution in [3.05, 3.63) is 59.2 Å². The van der Waals surface area contributed by atoms with E-state index in [-0.39, 0.29) is 17.7 Å². The summed E-state index contributed by atoms with van der Waals surface area (Å²) < 4.78 is 109. The highest BCUT2D eigenvalue weighted by atomic mass is 32.5. The molecule has 0 heterocycles. The number of carbonyl (C=O) groups is 1. The fraction of sp³-hybridized carbons (Fsp3) is 0.211. The molecule has 0 radical (unpaired) electrons. The number of amides is 1. The van der Waals surface area contributed by atoms with Crippen LogP contribution < -0.4 is 10.1 Å². The van der Waals surface area contributed by atoms with Crippen LogP contribution in [0.1, 0.15) is 28.4 Å². The highest BCUT2D eigenvalue weighted by Gasteiger charge is 2.65. The van der Waals surface area contributed by atoms with Crippen molar-refractivity contribution in [2.24, 2.45) is 0 Å². The van der Waals surface area contributed by atoms with Crippen LogP contribution in [0.5, 0.6) is 5.75 Å². The zero-order valence-corrected chi connectivity index (χ0v) is 17.2. The molecule has 0 spiro atoms. The van der Waals surface area contributed by atoms with E-state index in [1.807, 2.05) is 0 Å². The minimum Gasteiger partial charge on any atom is -0.489 e. The molecule has 2 rings (SSSR count). The second-order valence-electron chi connectivity index (χ2n) is 7.00. The SMILES string of the molecule is C[C@@](C#N)(COc1ccc(C#N)cc1C(F)(F)F)NC(=O)c1ccc(S(F)(F)(F)(F)F)cc1. The molecular weight excluding hydrogens is 486 g/mol. The molecule has 2 aromatic rings. The molecule has 0 saturated carbocycles. The number of alkyl halides is 3. The van der Waals surface area contributed by atoms with Gasteiger partial charge in [-0.1, -0.05) is 19.4 Å². The fourth-order valence-electron chi connectivity index (χ4n) is 2.45. The first-order chi connectivity index (χ1) is 14.8. The number of benzene rings is 2. The van der Waals surface area contributed by atoms with Crippen molar-refractivity contribution in [2.45, 2.75) is 23.5 Å². The van der Waals surface area contributed by atoms with Gasteiger partial charge in [0, 0.05) is 5.56 Å². The Morgan fingerprint density at radius 2 is 1.61 bits per heavy atom. The van der Waals surface area contributed by atoms with Crippen LogP contribution in [0.25, 0.3) is 0 Å². The normalized spacial score (nSPS) is 15.7. The number of nitrogens with one attached hydrogen (secondary N) is 1. The maximum Gasteiger partial charge on any atom is 0.420 e. The molecule has 1 atom stereocenters. The maximum absolute atomic E-state index is 13.2. The van der Waals surface area contributed by atoms with E-state index in [0.717, 1.165) is 19.1 Å². The third-order valence-corrected chi connectivity index (χ3v) is 5.29. The lowest BCUT2D eigenvalue weighted by Gasteiger charge is -2.40. The molecule has 2 aromatic carbocycles. The number of nitrogens with zero attached hydrogens (tertiary/aromatic N) is 2. The molecular formula is C19H13F8N3O2S. The van der Waals surface area contributed by atoms with Crippen LogP contribution in [0.4, 0.5) is 32.6 Å². The van der Waals surface area contributed by atoms with Gasteiger partial charge in [-0.25, -0.2) is 0 Å². The summed E-state index contributed by atoms with van der Waals surface area (Å²) in [6.45, 7) is 0.235. The summed E-state index contributed by atoms with van der Waals surface area (Å²) in [7, 11) is -9.95. The van der Waals surface area contributed by atoms with Gasteiger partial charge in [0.05, 0.1) is 23.3 Å². The number of ether oxygens (including phenoxy) is 1. The third-order valence-electron chi connectivity index (χ3n) is 4.13. The van der Waals surface area contributed by atoms with Gasteiger partial charge < -0.3 is 10.1 Å². The Balaban J connectivity index is 2.22. The lowest BCUT2D eigenvalue weighted by Crippen LogP contribution is -2.49. The van der Waals surface area contributed by atoms with Gasteiger partial charge in [0.2, 0.25) is 0 Å². The smallest absolute Gasteiger partial charge is 0.420 e. The van der Waals surface area contributed by atoms with Crippen LogP contribution in [0.2, 0.25) is 0 Å². The van der Waals surface area contributed by atoms with Gasteiger partial charge in [0.15, 0.2) is 5.54 Å². The van der Waals surface area contributed by atoms with E-state index in [0.29, 0.717) is 18.2 Å². The molecule has 0 aliphatic heterocycles. The van der Waals surface area contributed by atoms with Crippen molar-refractivity contribution >= 4 is 16.1 Å². The molecule has 0 aromatic heterocycles. The summed E-state index contributed by atoms with van der Waals surface area (Å²) in [5.41, 5.74) is -4.09. The third kappa shape index (κ3) is 6.49. The Kier molecular flexibility index (Phi) is 5.86. The number of rotatable bonds is 6. The largest absolute Gasteiger partial charge is 0.489 e. The van der Waals surface area contributed by atoms with Crippen LogP contribution in [-0.4, -0.2) is 18.1 Å². The van der Waals surface area contributed by atoms with Crippen molar-refractivity contribution < 1.29 is 42.1 Å². The van der Waals surface area contributed by atoms with Crippen LogP contribution >= 0.6 is 10.2 Å². The Morgan fingerprint density at radius 1 is 1.03 bits per heavy atom. The van der Waals surface area contributed by atoms with E-state index < -0.39 is 56.2 Å². The van der Waals surface area contributed by atoms with Crippen molar-refractivity contribution in [1.82, 2.24) is 5.32 Å². The number of hydrogen-bond acceptors (Lipinski definition) is 4. The van der Waals surface area contributed by atoms with E-state index in [1.165, 1.54) is 6.07 Å². The Morgan fingerprint density at radius 3 is 2.06 bits per heavy atom. The second-order valence-corrected chi connectivity index (χ2v) is 9.41. The first kappa shape index (κ1) is 25.7. The monoisotopic (exact) mass is 499 g/mol. The molecule has 33 heavy (non-hydrogen) atoms. The minimum absolute atomic E-state index is 0.00302. The summed E-state index contributed by atoms with van der Waals surface area (Å²) in [5.74, 6) is -1.90. The molecule has 0 unspecified atom stereocenters. The molecule has 0 bridgehead atoms. The van der Waals surface area contributed by atoms with Crippen LogP contribution in [0.15, 0.2) is 47.4 Å². The molecule has 5 nitrogen and oxygen atoms in total. The predicted octanol–water partition coefficient (Wildman–Crippen LogP) is 6.33.